The molecule has 10 rings (SSSR count). The van der Waals surface area contributed by atoms with Crippen molar-refractivity contribution < 1.29 is 0 Å². The number of para-hydroxylation sites is 3. The zero-order valence-corrected chi connectivity index (χ0v) is 33.5. The summed E-state index contributed by atoms with van der Waals surface area (Å²) in [5.41, 5.74) is 10.3. The molecule has 7 heteroatoms. The molecular weight excluding hydrogens is 691 g/mol. The molecule has 0 bridgehead atoms. The Hall–Kier alpha value is -5.90. The zero-order valence-electron chi connectivity index (χ0n) is 31.5. The van der Waals surface area contributed by atoms with Crippen LogP contribution < -0.4 is 10.4 Å². The molecule has 10 aromatic rings. The van der Waals surface area contributed by atoms with Gasteiger partial charge in [-0.2, -0.15) is 0 Å². The van der Waals surface area contributed by atoms with Gasteiger partial charge in [0.25, 0.3) is 0 Å². The van der Waals surface area contributed by atoms with Crippen molar-refractivity contribution in [3.05, 3.63) is 140 Å². The summed E-state index contributed by atoms with van der Waals surface area (Å²) in [6.45, 7) is 14.3. The Morgan fingerprint density at radius 3 is 1.59 bits per heavy atom. The Morgan fingerprint density at radius 2 is 0.981 bits per heavy atom. The molecule has 5 nitrogen and oxygen atoms in total. The maximum atomic E-state index is 5.40. The summed E-state index contributed by atoms with van der Waals surface area (Å²) in [5.74, 6) is 0.657. The third-order valence-electron chi connectivity index (χ3n) is 11.1. The SMILES string of the molecule is C[Si](C)(C)c1ccc(-c2cc(-c3ccc([Si](C)(C)C)cc3)nc(-n3c4ccccc4c4c3ccc3c5ccccc5c5nc6ccccc6n5c34)n2)cc1. The van der Waals surface area contributed by atoms with E-state index in [0.29, 0.717) is 5.95 Å². The second-order valence-electron chi connectivity index (χ2n) is 16.6. The van der Waals surface area contributed by atoms with Gasteiger partial charge in [0.05, 0.1) is 55.1 Å². The van der Waals surface area contributed by atoms with Crippen LogP contribution in [0.15, 0.2) is 140 Å². The predicted octanol–water partition coefficient (Wildman–Crippen LogP) is 11.1. The Kier molecular flexibility index (Phi) is 7.15. The first-order valence-corrected chi connectivity index (χ1v) is 25.8. The fourth-order valence-corrected chi connectivity index (χ4v) is 10.5. The molecule has 0 aliphatic carbocycles. The van der Waals surface area contributed by atoms with Gasteiger partial charge < -0.3 is 0 Å². The van der Waals surface area contributed by atoms with Crippen molar-refractivity contribution in [1.82, 2.24) is 23.9 Å². The summed E-state index contributed by atoms with van der Waals surface area (Å²) in [5, 5.41) is 8.71. The lowest BCUT2D eigenvalue weighted by Gasteiger charge is -2.18. The van der Waals surface area contributed by atoms with Gasteiger partial charge in [-0.1, -0.05) is 159 Å². The van der Waals surface area contributed by atoms with Gasteiger partial charge in [0.2, 0.25) is 5.95 Å². The number of imidazole rings is 1. The maximum Gasteiger partial charge on any atom is 0.235 e. The molecule has 0 saturated carbocycles. The second-order valence-corrected chi connectivity index (χ2v) is 26.8. The molecule has 0 unspecified atom stereocenters. The van der Waals surface area contributed by atoms with Gasteiger partial charge in [0, 0.05) is 32.7 Å². The number of nitrogens with zero attached hydrogens (tertiary/aromatic N) is 5. The molecule has 0 amide bonds. The number of benzene rings is 6. The highest BCUT2D eigenvalue weighted by Gasteiger charge is 2.23. The van der Waals surface area contributed by atoms with Gasteiger partial charge in [-0.15, -0.1) is 0 Å². The highest BCUT2D eigenvalue weighted by Crippen LogP contribution is 2.41. The van der Waals surface area contributed by atoms with E-state index in [1.54, 1.807) is 0 Å². The van der Waals surface area contributed by atoms with Crippen molar-refractivity contribution in [2.45, 2.75) is 39.3 Å². The fraction of sp³-hybridized carbons (Fsp3) is 0.128. The first-order valence-electron chi connectivity index (χ1n) is 18.8. The van der Waals surface area contributed by atoms with Crippen molar-refractivity contribution in [2.24, 2.45) is 0 Å². The van der Waals surface area contributed by atoms with Crippen LogP contribution in [0.2, 0.25) is 39.3 Å². The Morgan fingerprint density at radius 1 is 0.444 bits per heavy atom. The van der Waals surface area contributed by atoms with E-state index in [1.807, 2.05) is 0 Å². The van der Waals surface area contributed by atoms with Gasteiger partial charge >= 0.3 is 0 Å². The summed E-state index contributed by atoms with van der Waals surface area (Å²) >= 11 is 0. The molecule has 0 aliphatic rings. The zero-order chi connectivity index (χ0) is 36.9. The van der Waals surface area contributed by atoms with E-state index in [0.717, 1.165) is 71.9 Å². The largest absolute Gasteiger partial charge is 0.291 e. The fourth-order valence-electron chi connectivity index (χ4n) is 8.17. The highest BCUT2D eigenvalue weighted by molar-refractivity contribution is 6.89. The molecule has 4 heterocycles. The van der Waals surface area contributed by atoms with Crippen LogP contribution in [0.4, 0.5) is 0 Å². The van der Waals surface area contributed by atoms with Crippen molar-refractivity contribution in [1.29, 1.82) is 0 Å². The van der Waals surface area contributed by atoms with Gasteiger partial charge in [-0.05, 0) is 35.7 Å². The Bertz CT molecular complexity index is 3030. The first kappa shape index (κ1) is 32.7. The average Bonchev–Trinajstić information content (AvgIpc) is 3.74. The van der Waals surface area contributed by atoms with Gasteiger partial charge in [0.1, 0.15) is 5.65 Å². The van der Waals surface area contributed by atoms with Gasteiger partial charge in [0.15, 0.2) is 0 Å². The van der Waals surface area contributed by atoms with Crippen molar-refractivity contribution >= 4 is 86.7 Å². The standard InChI is InChI=1S/C47H41N5Si2/c1-53(2,3)32-23-19-30(20-24-32)39-29-40(31-21-25-33(26-22-31)54(4,5)6)50-47(49-39)51-41-17-11-9-15-37(41)44-43(51)28-27-35-34-13-7-8-14-36(34)46-48-38-16-10-12-18-42(38)52(46)45(35)44/h7-29H,1-6H3. The highest BCUT2D eigenvalue weighted by atomic mass is 28.3. The number of hydrogen-bond donors (Lipinski definition) is 0. The third-order valence-corrected chi connectivity index (χ3v) is 15.2. The van der Waals surface area contributed by atoms with Crippen LogP contribution in [0.3, 0.4) is 0 Å². The van der Waals surface area contributed by atoms with Gasteiger partial charge in [-0.3, -0.25) is 8.97 Å². The molecule has 0 fully saturated rings. The average molecular weight is 732 g/mol. The lowest BCUT2D eigenvalue weighted by atomic mass is 10.0. The van der Waals surface area contributed by atoms with E-state index < -0.39 is 16.1 Å². The second kappa shape index (κ2) is 11.8. The first-order chi connectivity index (χ1) is 26.0. The van der Waals surface area contributed by atoms with Crippen molar-refractivity contribution in [3.63, 3.8) is 0 Å². The summed E-state index contributed by atoms with van der Waals surface area (Å²) in [4.78, 5) is 16.0. The molecular formula is C47H41N5Si2. The summed E-state index contributed by atoms with van der Waals surface area (Å²) < 4.78 is 4.64. The number of fused-ring (bicyclic) bond motifs is 12. The van der Waals surface area contributed by atoms with Crippen LogP contribution in [-0.4, -0.2) is 40.1 Å². The molecule has 0 spiro atoms. The van der Waals surface area contributed by atoms with E-state index in [1.165, 1.54) is 21.1 Å². The minimum absolute atomic E-state index is 0.657. The van der Waals surface area contributed by atoms with Crippen LogP contribution in [0.25, 0.3) is 88.6 Å². The minimum atomic E-state index is -1.47. The van der Waals surface area contributed by atoms with E-state index in [4.69, 9.17) is 15.0 Å². The molecule has 4 aromatic heterocycles. The Balaban J connectivity index is 1.31. The molecule has 0 atom stereocenters. The van der Waals surface area contributed by atoms with E-state index in [2.05, 4.69) is 188 Å². The molecule has 0 radical (unpaired) electrons. The lowest BCUT2D eigenvalue weighted by Crippen LogP contribution is -2.37. The van der Waals surface area contributed by atoms with Crippen LogP contribution in [0, 0.1) is 0 Å². The monoisotopic (exact) mass is 731 g/mol. The molecule has 0 N–H and O–H groups in total. The van der Waals surface area contributed by atoms with E-state index in [-0.39, 0.29) is 0 Å². The number of rotatable bonds is 5. The Labute approximate surface area is 316 Å². The maximum absolute atomic E-state index is 5.40. The van der Waals surface area contributed by atoms with Crippen molar-refractivity contribution in [3.8, 4) is 28.5 Å². The van der Waals surface area contributed by atoms with E-state index in [9.17, 15) is 0 Å². The minimum Gasteiger partial charge on any atom is -0.291 e. The predicted molar refractivity (Wildman–Crippen MR) is 234 cm³/mol. The molecule has 6 aromatic carbocycles. The molecule has 54 heavy (non-hydrogen) atoms. The normalized spacial score (nSPS) is 12.6. The molecule has 0 saturated heterocycles. The van der Waals surface area contributed by atoms with Gasteiger partial charge in [-0.25, -0.2) is 15.0 Å². The summed E-state index contributed by atoms with van der Waals surface area (Å²) in [6.07, 6.45) is 0. The lowest BCUT2D eigenvalue weighted by molar-refractivity contribution is 0.996. The van der Waals surface area contributed by atoms with Crippen LogP contribution in [0.5, 0.6) is 0 Å². The van der Waals surface area contributed by atoms with Crippen LogP contribution in [0.1, 0.15) is 0 Å². The quantitative estimate of drug-likeness (QED) is 0.131. The topological polar surface area (TPSA) is 48.0 Å². The smallest absolute Gasteiger partial charge is 0.235 e. The molecule has 0 aliphatic heterocycles. The summed E-state index contributed by atoms with van der Waals surface area (Å²) in [6, 6.07) is 50.6. The summed E-state index contributed by atoms with van der Waals surface area (Å²) in [7, 11) is -2.94. The third kappa shape index (κ3) is 5.06. The molecule has 262 valence electrons. The van der Waals surface area contributed by atoms with Crippen LogP contribution in [-0.2, 0) is 0 Å². The number of hydrogen-bond acceptors (Lipinski definition) is 3. The number of aromatic nitrogens is 5. The van der Waals surface area contributed by atoms with Crippen LogP contribution >= 0.6 is 0 Å². The number of pyridine rings is 1. The van der Waals surface area contributed by atoms with E-state index >= 15 is 0 Å². The van der Waals surface area contributed by atoms with Crippen molar-refractivity contribution in [2.75, 3.05) is 0 Å².